The lowest BCUT2D eigenvalue weighted by molar-refractivity contribution is 0.460. The molecule has 0 saturated carbocycles. The number of aromatic nitrogens is 2. The second-order valence-electron chi connectivity index (χ2n) is 11.7. The molecule has 0 amide bonds. The molecule has 1 aromatic heterocycles. The highest BCUT2D eigenvalue weighted by molar-refractivity contribution is 6.33. The van der Waals surface area contributed by atoms with Crippen molar-refractivity contribution in [2.45, 2.75) is 11.2 Å². The van der Waals surface area contributed by atoms with Crippen LogP contribution in [0.25, 0.3) is 11.3 Å². The van der Waals surface area contributed by atoms with Crippen molar-refractivity contribution in [2.24, 2.45) is 4.99 Å². The van der Waals surface area contributed by atoms with Crippen LogP contribution >= 0.6 is 23.2 Å². The zero-order valence-electron chi connectivity index (χ0n) is 25.8. The van der Waals surface area contributed by atoms with Crippen molar-refractivity contribution < 1.29 is 0 Å². The third-order valence-corrected chi connectivity index (χ3v) is 9.71. The van der Waals surface area contributed by atoms with Crippen LogP contribution in [0.2, 0.25) is 10.0 Å². The van der Waals surface area contributed by atoms with E-state index >= 15 is 0 Å². The number of rotatable bonds is 7. The van der Waals surface area contributed by atoms with E-state index in [0.717, 1.165) is 44.8 Å². The van der Waals surface area contributed by atoms with Gasteiger partial charge in [-0.2, -0.15) is 0 Å². The first-order valence-corrected chi connectivity index (χ1v) is 16.6. The van der Waals surface area contributed by atoms with Crippen LogP contribution < -0.4 is 4.90 Å². The molecule has 232 valence electrons. The Morgan fingerprint density at radius 1 is 0.500 bits per heavy atom. The molecule has 0 aliphatic carbocycles. The predicted molar refractivity (Wildman–Crippen MR) is 197 cm³/mol. The van der Waals surface area contributed by atoms with Crippen LogP contribution in [-0.2, 0) is 11.2 Å². The summed E-state index contributed by atoms with van der Waals surface area (Å²) >= 11 is 14.5. The van der Waals surface area contributed by atoms with E-state index < -0.39 is 11.2 Å². The molecular weight excluding hydrogens is 631 g/mol. The van der Waals surface area contributed by atoms with Gasteiger partial charge in [0.15, 0.2) is 5.66 Å². The van der Waals surface area contributed by atoms with Gasteiger partial charge in [0.25, 0.3) is 0 Å². The van der Waals surface area contributed by atoms with Crippen molar-refractivity contribution in [3.63, 3.8) is 0 Å². The molecule has 2 heterocycles. The van der Waals surface area contributed by atoms with Crippen LogP contribution in [0.3, 0.4) is 0 Å². The second kappa shape index (κ2) is 12.3. The molecule has 1 aliphatic heterocycles. The van der Waals surface area contributed by atoms with E-state index in [1.165, 1.54) is 0 Å². The number of hydrogen-bond acceptors (Lipinski definition) is 3. The molecule has 4 nitrogen and oxygen atoms in total. The molecule has 0 bridgehead atoms. The van der Waals surface area contributed by atoms with Gasteiger partial charge in [0, 0.05) is 32.9 Å². The summed E-state index contributed by atoms with van der Waals surface area (Å²) in [4.78, 5) is 17.2. The summed E-state index contributed by atoms with van der Waals surface area (Å²) in [5, 5.41) is 1.12. The molecule has 1 N–H and O–H groups in total. The number of nitrogens with zero attached hydrogens (tertiary/aromatic N) is 3. The molecule has 6 heteroatoms. The molecule has 48 heavy (non-hydrogen) atoms. The van der Waals surface area contributed by atoms with Crippen molar-refractivity contribution in [3.05, 3.63) is 214 Å². The molecule has 7 aromatic rings. The Morgan fingerprint density at radius 3 is 1.44 bits per heavy atom. The SMILES string of the molecule is Clc1ccccc1C1(c2ccccc2Cl)N=C(c2ccccc2)C(c2ccccc2)(c2ccccc2)N1c1nc(-c2ccccc2)c[nH]1. The summed E-state index contributed by atoms with van der Waals surface area (Å²) < 4.78 is 0. The van der Waals surface area contributed by atoms with E-state index in [1.807, 2.05) is 103 Å². The van der Waals surface area contributed by atoms with Crippen LogP contribution in [-0.4, -0.2) is 15.7 Å². The van der Waals surface area contributed by atoms with Crippen molar-refractivity contribution in [1.82, 2.24) is 9.97 Å². The number of benzene rings is 6. The third-order valence-electron chi connectivity index (χ3n) is 9.05. The summed E-state index contributed by atoms with van der Waals surface area (Å²) in [6.45, 7) is 0. The molecule has 0 fully saturated rings. The summed E-state index contributed by atoms with van der Waals surface area (Å²) in [7, 11) is 0. The number of H-pyrrole nitrogens is 1. The monoisotopic (exact) mass is 660 g/mol. The smallest absolute Gasteiger partial charge is 0.207 e. The van der Waals surface area contributed by atoms with Gasteiger partial charge in [-0.3, -0.25) is 4.90 Å². The average molecular weight is 662 g/mol. The summed E-state index contributed by atoms with van der Waals surface area (Å²) in [6.07, 6.45) is 1.95. The van der Waals surface area contributed by atoms with Crippen molar-refractivity contribution in [3.8, 4) is 11.3 Å². The molecule has 0 spiro atoms. The Bertz CT molecular complexity index is 2130. The first kappa shape index (κ1) is 29.9. The van der Waals surface area contributed by atoms with Gasteiger partial charge in [0.2, 0.25) is 5.95 Å². The molecule has 8 rings (SSSR count). The normalized spacial score (nSPS) is 14.9. The lowest BCUT2D eigenvalue weighted by atomic mass is 9.74. The Hall–Kier alpha value is -5.42. The third kappa shape index (κ3) is 4.68. The van der Waals surface area contributed by atoms with Gasteiger partial charge in [-0.1, -0.05) is 181 Å². The van der Waals surface area contributed by atoms with Crippen LogP contribution in [0.15, 0.2) is 181 Å². The predicted octanol–water partition coefficient (Wildman–Crippen LogP) is 10.5. The van der Waals surface area contributed by atoms with E-state index in [4.69, 9.17) is 33.2 Å². The fraction of sp³-hybridized carbons (Fsp3) is 0.0476. The number of hydrogen-bond donors (Lipinski definition) is 1. The van der Waals surface area contributed by atoms with Gasteiger partial charge >= 0.3 is 0 Å². The zero-order chi connectivity index (χ0) is 32.6. The Labute approximate surface area is 290 Å². The molecule has 6 aromatic carbocycles. The minimum Gasteiger partial charge on any atom is -0.330 e. The average Bonchev–Trinajstić information content (AvgIpc) is 3.76. The van der Waals surface area contributed by atoms with Gasteiger partial charge in [-0.05, 0) is 28.8 Å². The minimum atomic E-state index is -1.28. The first-order chi connectivity index (χ1) is 23.6. The number of aromatic amines is 1. The maximum Gasteiger partial charge on any atom is 0.207 e. The summed E-state index contributed by atoms with van der Waals surface area (Å²) in [5.74, 6) is 0.607. The minimum absolute atomic E-state index is 0.561. The highest BCUT2D eigenvalue weighted by atomic mass is 35.5. The Balaban J connectivity index is 1.59. The van der Waals surface area contributed by atoms with Crippen LogP contribution in [0.1, 0.15) is 27.8 Å². The summed E-state index contributed by atoms with van der Waals surface area (Å²) in [6, 6.07) is 57.3. The molecule has 1 aliphatic rings. The summed E-state index contributed by atoms with van der Waals surface area (Å²) in [5.41, 5.74) is 4.88. The van der Waals surface area contributed by atoms with Gasteiger partial charge in [-0.25, -0.2) is 9.98 Å². The highest BCUT2D eigenvalue weighted by Gasteiger charge is 2.62. The second-order valence-corrected chi connectivity index (χ2v) is 12.5. The number of anilines is 1. The maximum atomic E-state index is 7.26. The largest absolute Gasteiger partial charge is 0.330 e. The van der Waals surface area contributed by atoms with Gasteiger partial charge in [-0.15, -0.1) is 0 Å². The van der Waals surface area contributed by atoms with E-state index in [-0.39, 0.29) is 0 Å². The van der Waals surface area contributed by atoms with Gasteiger partial charge < -0.3 is 4.98 Å². The quantitative estimate of drug-likeness (QED) is 0.185. The van der Waals surface area contributed by atoms with Gasteiger partial charge in [0.1, 0.15) is 5.54 Å². The topological polar surface area (TPSA) is 44.3 Å². The van der Waals surface area contributed by atoms with Gasteiger partial charge in [0.05, 0.1) is 11.4 Å². The molecule has 0 radical (unpaired) electrons. The molecule has 0 saturated heterocycles. The van der Waals surface area contributed by atoms with Crippen molar-refractivity contribution in [1.29, 1.82) is 0 Å². The fourth-order valence-electron chi connectivity index (χ4n) is 7.06. The van der Waals surface area contributed by atoms with E-state index in [2.05, 4.69) is 82.7 Å². The lowest BCUT2D eigenvalue weighted by Crippen LogP contribution is -2.57. The molecule has 0 atom stereocenters. The van der Waals surface area contributed by atoms with E-state index in [1.54, 1.807) is 0 Å². The van der Waals surface area contributed by atoms with Crippen LogP contribution in [0, 0.1) is 0 Å². The zero-order valence-corrected chi connectivity index (χ0v) is 27.4. The fourth-order valence-corrected chi connectivity index (χ4v) is 7.59. The Morgan fingerprint density at radius 2 is 0.938 bits per heavy atom. The van der Waals surface area contributed by atoms with E-state index in [0.29, 0.717) is 16.0 Å². The lowest BCUT2D eigenvalue weighted by Gasteiger charge is -2.48. The standard InChI is InChI=1S/C42H30Cl2N4/c43-36-27-15-13-25-34(36)42(35-26-14-16-28-37(35)44)47-39(31-19-7-2-8-20-31)41(32-21-9-3-10-22-32,33-23-11-4-12-24-33)48(42)40-45-29-38(46-40)30-17-5-1-6-18-30/h1-29H,(H,45,46). The highest BCUT2D eigenvalue weighted by Crippen LogP contribution is 2.58. The first-order valence-electron chi connectivity index (χ1n) is 15.8. The molecular formula is C42H30Cl2N4. The van der Waals surface area contributed by atoms with Crippen LogP contribution in [0.5, 0.6) is 0 Å². The van der Waals surface area contributed by atoms with Crippen molar-refractivity contribution >= 4 is 34.9 Å². The maximum absolute atomic E-state index is 7.26. The van der Waals surface area contributed by atoms with E-state index in [9.17, 15) is 0 Å². The van der Waals surface area contributed by atoms with Crippen molar-refractivity contribution in [2.75, 3.05) is 4.90 Å². The number of nitrogens with one attached hydrogen (secondary N) is 1. The Kier molecular flexibility index (Phi) is 7.68. The number of halogens is 2. The number of aliphatic imine (C=N–C) groups is 1. The number of imidazole rings is 1. The van der Waals surface area contributed by atoms with Crippen LogP contribution in [0.4, 0.5) is 5.95 Å². The molecule has 0 unspecified atom stereocenters.